The van der Waals surface area contributed by atoms with Crippen LogP contribution in [-0.2, 0) is 29.8 Å². The second-order valence-corrected chi connectivity index (χ2v) is 8.16. The predicted molar refractivity (Wildman–Crippen MR) is 105 cm³/mol. The van der Waals surface area contributed by atoms with Crippen molar-refractivity contribution < 1.29 is 14.3 Å². The molecule has 1 aromatic carbocycles. The fraction of sp³-hybridized carbons (Fsp3) is 0.429. The molecule has 4 rings (SSSR count). The van der Waals surface area contributed by atoms with E-state index in [2.05, 4.69) is 10.3 Å². The zero-order valence-corrected chi connectivity index (χ0v) is 16.1. The van der Waals surface area contributed by atoms with Crippen LogP contribution in [0.4, 0.5) is 15.9 Å². The molecule has 0 spiro atoms. The van der Waals surface area contributed by atoms with Gasteiger partial charge in [0.25, 0.3) is 0 Å². The van der Waals surface area contributed by atoms with Gasteiger partial charge in [0.05, 0.1) is 5.60 Å². The summed E-state index contributed by atoms with van der Waals surface area (Å²) in [7, 11) is 0. The molecular weight excluding hydrogens is 359 g/mol. The van der Waals surface area contributed by atoms with Crippen molar-refractivity contribution in [3.8, 4) is 0 Å². The van der Waals surface area contributed by atoms with Crippen LogP contribution in [0.5, 0.6) is 0 Å². The molecular formula is C21H25FN4O2. The highest BCUT2D eigenvalue weighted by Gasteiger charge is 2.33. The Labute approximate surface area is 163 Å². The number of nitrogens with zero attached hydrogens (tertiary/aromatic N) is 2. The smallest absolute Gasteiger partial charge is 0.245 e. The van der Waals surface area contributed by atoms with E-state index in [0.29, 0.717) is 24.9 Å². The molecule has 0 saturated carbocycles. The fourth-order valence-electron chi connectivity index (χ4n) is 3.98. The third-order valence-corrected chi connectivity index (χ3v) is 5.64. The number of fused-ring (bicyclic) bond motifs is 2. The number of hydrogen-bond acceptors (Lipinski definition) is 5. The minimum atomic E-state index is -0.946. The van der Waals surface area contributed by atoms with E-state index in [1.807, 2.05) is 18.2 Å². The predicted octanol–water partition coefficient (Wildman–Crippen LogP) is 2.34. The van der Waals surface area contributed by atoms with Gasteiger partial charge in [-0.15, -0.1) is 0 Å². The average molecular weight is 384 g/mol. The average Bonchev–Trinajstić information content (AvgIpc) is 2.95. The molecule has 2 aromatic rings. The molecule has 7 heteroatoms. The molecule has 0 aliphatic carbocycles. The molecule has 6 nitrogen and oxygen atoms in total. The maximum atomic E-state index is 14.5. The van der Waals surface area contributed by atoms with Crippen LogP contribution in [0.2, 0.25) is 0 Å². The topological polar surface area (TPSA) is 91.5 Å². The Balaban J connectivity index is 1.54. The van der Waals surface area contributed by atoms with Gasteiger partial charge in [0.1, 0.15) is 6.04 Å². The number of halogens is 1. The lowest BCUT2D eigenvalue weighted by Gasteiger charge is -2.25. The number of amides is 1. The zero-order chi connectivity index (χ0) is 20.1. The van der Waals surface area contributed by atoms with Gasteiger partial charge in [-0.3, -0.25) is 4.79 Å². The number of rotatable bonds is 2. The first-order valence-corrected chi connectivity index (χ1v) is 9.57. The second kappa shape index (κ2) is 6.74. The van der Waals surface area contributed by atoms with E-state index in [4.69, 9.17) is 5.73 Å². The summed E-state index contributed by atoms with van der Waals surface area (Å²) in [4.78, 5) is 18.8. The van der Waals surface area contributed by atoms with Gasteiger partial charge in [0, 0.05) is 37.0 Å². The number of aryl methyl sites for hydroxylation is 1. The van der Waals surface area contributed by atoms with E-state index in [1.54, 1.807) is 24.9 Å². The summed E-state index contributed by atoms with van der Waals surface area (Å²) in [6, 6.07) is 5.34. The Morgan fingerprint density at radius 3 is 2.93 bits per heavy atom. The molecule has 0 fully saturated rings. The number of nitrogens with one attached hydrogen (secondary N) is 1. The van der Waals surface area contributed by atoms with E-state index in [-0.39, 0.29) is 18.3 Å². The second-order valence-electron chi connectivity index (χ2n) is 8.16. The molecule has 0 bridgehead atoms. The Hall–Kier alpha value is -2.67. The van der Waals surface area contributed by atoms with Gasteiger partial charge in [-0.25, -0.2) is 9.37 Å². The van der Waals surface area contributed by atoms with Crippen LogP contribution >= 0.6 is 0 Å². The number of carbonyl (C=O) groups excluding carboxylic acids is 1. The highest BCUT2D eigenvalue weighted by molar-refractivity contribution is 5.87. The van der Waals surface area contributed by atoms with Crippen molar-refractivity contribution in [3.63, 3.8) is 0 Å². The summed E-state index contributed by atoms with van der Waals surface area (Å²) < 4.78 is 14.5. The lowest BCUT2D eigenvalue weighted by molar-refractivity contribution is -0.132. The van der Waals surface area contributed by atoms with E-state index < -0.39 is 17.5 Å². The first-order valence-electron chi connectivity index (χ1n) is 9.57. The van der Waals surface area contributed by atoms with Crippen LogP contribution < -0.4 is 11.1 Å². The Kier molecular flexibility index (Phi) is 4.50. The van der Waals surface area contributed by atoms with Crippen LogP contribution in [0, 0.1) is 5.82 Å². The normalized spacial score (nSPS) is 18.9. The lowest BCUT2D eigenvalue weighted by atomic mass is 9.96. The van der Waals surface area contributed by atoms with E-state index >= 15 is 0 Å². The Morgan fingerprint density at radius 1 is 1.39 bits per heavy atom. The summed E-state index contributed by atoms with van der Waals surface area (Å²) in [6.07, 6.45) is 3.62. The van der Waals surface area contributed by atoms with Crippen LogP contribution in [0.3, 0.4) is 0 Å². The van der Waals surface area contributed by atoms with Crippen molar-refractivity contribution in [3.05, 3.63) is 52.5 Å². The molecule has 28 heavy (non-hydrogen) atoms. The third-order valence-electron chi connectivity index (χ3n) is 5.64. The van der Waals surface area contributed by atoms with Gasteiger partial charge in [-0.05, 0) is 49.4 Å². The van der Waals surface area contributed by atoms with Crippen molar-refractivity contribution in [2.75, 3.05) is 17.6 Å². The standard InChI is InChI=1S/C21H25FN4O2/c1-21(2,28)14-6-5-12-8-17(25-16(12)9-14)20(27)26-7-3-4-13-10-24-19(23)18(22)15(13)11-26/h5-6,9-10,17,25,28H,3-4,7-8,11H2,1-2H3,(H2,23,24). The van der Waals surface area contributed by atoms with Crippen molar-refractivity contribution in [1.82, 2.24) is 9.88 Å². The number of hydrogen-bond donors (Lipinski definition) is 3. The number of nitrogen functional groups attached to an aromatic ring is 1. The summed E-state index contributed by atoms with van der Waals surface area (Å²) in [6.45, 7) is 4.23. The SMILES string of the molecule is CC(C)(O)c1ccc2c(c1)NC(C(=O)N1CCCc3cnc(N)c(F)c3C1)C2. The van der Waals surface area contributed by atoms with Gasteiger partial charge in [-0.2, -0.15) is 0 Å². The molecule has 1 unspecified atom stereocenters. The minimum Gasteiger partial charge on any atom is -0.386 e. The summed E-state index contributed by atoms with van der Waals surface area (Å²) >= 11 is 0. The van der Waals surface area contributed by atoms with Crippen LogP contribution in [0.1, 0.15) is 42.5 Å². The van der Waals surface area contributed by atoms with E-state index in [1.165, 1.54) is 0 Å². The number of pyridine rings is 1. The van der Waals surface area contributed by atoms with Gasteiger partial charge in [-0.1, -0.05) is 12.1 Å². The molecule has 148 valence electrons. The maximum Gasteiger partial charge on any atom is 0.245 e. The molecule has 0 saturated heterocycles. The van der Waals surface area contributed by atoms with Crippen molar-refractivity contribution >= 4 is 17.4 Å². The third kappa shape index (κ3) is 3.30. The van der Waals surface area contributed by atoms with Crippen molar-refractivity contribution in [1.29, 1.82) is 0 Å². The zero-order valence-electron chi connectivity index (χ0n) is 16.1. The van der Waals surface area contributed by atoms with Gasteiger partial charge in [0.2, 0.25) is 5.91 Å². The van der Waals surface area contributed by atoms with E-state index in [0.717, 1.165) is 28.8 Å². The quantitative estimate of drug-likeness (QED) is 0.739. The van der Waals surface area contributed by atoms with Crippen LogP contribution in [0.15, 0.2) is 24.4 Å². The molecule has 1 aromatic heterocycles. The number of benzene rings is 1. The first kappa shape index (κ1) is 18.7. The molecule has 4 N–H and O–H groups in total. The highest BCUT2D eigenvalue weighted by atomic mass is 19.1. The summed E-state index contributed by atoms with van der Waals surface area (Å²) in [5.41, 5.74) is 8.67. The highest BCUT2D eigenvalue weighted by Crippen LogP contribution is 2.32. The number of aromatic nitrogens is 1. The first-order chi connectivity index (χ1) is 13.2. The molecule has 2 aliphatic rings. The fourth-order valence-corrected chi connectivity index (χ4v) is 3.98. The number of aliphatic hydroxyl groups is 1. The molecule has 3 heterocycles. The minimum absolute atomic E-state index is 0.0522. The van der Waals surface area contributed by atoms with Crippen molar-refractivity contribution in [2.45, 2.75) is 51.3 Å². The van der Waals surface area contributed by atoms with Gasteiger partial charge in [0.15, 0.2) is 11.6 Å². The van der Waals surface area contributed by atoms with Gasteiger partial charge < -0.3 is 21.1 Å². The molecule has 1 amide bonds. The number of nitrogens with two attached hydrogens (primary N) is 1. The van der Waals surface area contributed by atoms with Gasteiger partial charge >= 0.3 is 0 Å². The molecule has 0 radical (unpaired) electrons. The summed E-state index contributed by atoms with van der Waals surface area (Å²) in [5.74, 6) is -0.697. The maximum absolute atomic E-state index is 14.5. The van der Waals surface area contributed by atoms with E-state index in [9.17, 15) is 14.3 Å². The van der Waals surface area contributed by atoms with Crippen LogP contribution in [-0.4, -0.2) is 33.5 Å². The monoisotopic (exact) mass is 384 g/mol. The lowest BCUT2D eigenvalue weighted by Crippen LogP contribution is -2.42. The molecule has 1 atom stereocenters. The summed E-state index contributed by atoms with van der Waals surface area (Å²) in [5, 5.41) is 13.5. The molecule has 2 aliphatic heterocycles. The van der Waals surface area contributed by atoms with Crippen molar-refractivity contribution in [2.24, 2.45) is 0 Å². The number of anilines is 2. The number of carbonyl (C=O) groups is 1. The Morgan fingerprint density at radius 2 is 2.18 bits per heavy atom. The largest absolute Gasteiger partial charge is 0.386 e. The van der Waals surface area contributed by atoms with Crippen LogP contribution in [0.25, 0.3) is 0 Å². The Bertz CT molecular complexity index is 939.